The fraction of sp³-hybridized carbons (Fsp3) is 0.200. The molecule has 0 fully saturated rings. The maximum absolute atomic E-state index is 5.85. The third-order valence-electron chi connectivity index (χ3n) is 4.33. The van der Waals surface area contributed by atoms with E-state index in [2.05, 4.69) is 43.1 Å². The highest BCUT2D eigenvalue weighted by Crippen LogP contribution is 2.30. The van der Waals surface area contributed by atoms with Crippen LogP contribution in [0.2, 0.25) is 0 Å². The summed E-state index contributed by atoms with van der Waals surface area (Å²) in [5.41, 5.74) is 8.86. The standard InChI is InChI=1S/C20H21N9S/c1-13-7-4-5-9-15(13)29-17(14-8-6-10-22-11-14)26-27-20(29)30-12-16-23-18(21)25-19(24-16)28(2)3/h4-11H,12H2,1-3H3,(H2,21,23,24,25). The van der Waals surface area contributed by atoms with E-state index in [0.717, 1.165) is 27.8 Å². The van der Waals surface area contributed by atoms with Crippen LogP contribution in [0.1, 0.15) is 11.4 Å². The molecule has 10 heteroatoms. The number of rotatable bonds is 6. The van der Waals surface area contributed by atoms with Gasteiger partial charge in [0.05, 0.1) is 11.4 Å². The summed E-state index contributed by atoms with van der Waals surface area (Å²) in [6.45, 7) is 2.06. The van der Waals surface area contributed by atoms with Crippen molar-refractivity contribution in [2.45, 2.75) is 17.8 Å². The van der Waals surface area contributed by atoms with Gasteiger partial charge in [-0.1, -0.05) is 30.0 Å². The molecule has 0 saturated heterocycles. The number of para-hydroxylation sites is 1. The van der Waals surface area contributed by atoms with Crippen molar-refractivity contribution in [2.75, 3.05) is 24.7 Å². The fourth-order valence-corrected chi connectivity index (χ4v) is 3.70. The maximum Gasteiger partial charge on any atom is 0.229 e. The highest BCUT2D eigenvalue weighted by molar-refractivity contribution is 7.98. The van der Waals surface area contributed by atoms with Gasteiger partial charge in [0.2, 0.25) is 11.9 Å². The highest BCUT2D eigenvalue weighted by atomic mass is 32.2. The van der Waals surface area contributed by atoms with Crippen LogP contribution >= 0.6 is 11.8 Å². The Morgan fingerprint density at radius 2 is 1.87 bits per heavy atom. The zero-order valence-electron chi connectivity index (χ0n) is 16.9. The predicted molar refractivity (Wildman–Crippen MR) is 117 cm³/mol. The summed E-state index contributed by atoms with van der Waals surface area (Å²) < 4.78 is 2.04. The third-order valence-corrected chi connectivity index (χ3v) is 5.25. The van der Waals surface area contributed by atoms with Crippen molar-refractivity contribution in [3.05, 3.63) is 60.2 Å². The Balaban J connectivity index is 1.73. The zero-order valence-corrected chi connectivity index (χ0v) is 17.7. The zero-order chi connectivity index (χ0) is 21.1. The molecule has 3 heterocycles. The molecule has 30 heavy (non-hydrogen) atoms. The van der Waals surface area contributed by atoms with E-state index in [1.165, 1.54) is 11.8 Å². The Kier molecular flexibility index (Phi) is 5.57. The third kappa shape index (κ3) is 4.08. The summed E-state index contributed by atoms with van der Waals surface area (Å²) in [5.74, 6) is 2.50. The van der Waals surface area contributed by atoms with Crippen LogP contribution in [0.25, 0.3) is 17.1 Å². The van der Waals surface area contributed by atoms with Crippen LogP contribution in [-0.2, 0) is 5.75 Å². The first kappa shape index (κ1) is 19.8. The van der Waals surface area contributed by atoms with E-state index in [0.29, 0.717) is 17.5 Å². The van der Waals surface area contributed by atoms with Crippen molar-refractivity contribution in [1.29, 1.82) is 0 Å². The van der Waals surface area contributed by atoms with Gasteiger partial charge in [-0.25, -0.2) is 0 Å². The summed E-state index contributed by atoms with van der Waals surface area (Å²) in [7, 11) is 3.72. The SMILES string of the molecule is Cc1ccccc1-n1c(SCc2nc(N)nc(N(C)C)n2)nnc1-c1cccnc1. The predicted octanol–water partition coefficient (Wildman–Crippen LogP) is 2.76. The van der Waals surface area contributed by atoms with Crippen LogP contribution < -0.4 is 10.6 Å². The molecule has 1 aromatic carbocycles. The molecule has 0 spiro atoms. The molecule has 4 rings (SSSR count). The molecule has 2 N–H and O–H groups in total. The van der Waals surface area contributed by atoms with E-state index in [9.17, 15) is 0 Å². The molecule has 3 aromatic heterocycles. The van der Waals surface area contributed by atoms with Crippen molar-refractivity contribution in [3.63, 3.8) is 0 Å². The van der Waals surface area contributed by atoms with Gasteiger partial charge in [-0.2, -0.15) is 15.0 Å². The summed E-state index contributed by atoms with van der Waals surface area (Å²) in [6.07, 6.45) is 3.52. The molecular weight excluding hydrogens is 398 g/mol. The minimum absolute atomic E-state index is 0.195. The lowest BCUT2D eigenvalue weighted by atomic mass is 10.2. The van der Waals surface area contributed by atoms with E-state index >= 15 is 0 Å². The molecule has 0 atom stereocenters. The molecule has 152 valence electrons. The van der Waals surface area contributed by atoms with Crippen LogP contribution in [0, 0.1) is 6.92 Å². The fourth-order valence-electron chi connectivity index (χ4n) is 2.90. The monoisotopic (exact) mass is 419 g/mol. The number of nitrogen functional groups attached to an aromatic ring is 1. The molecular formula is C20H21N9S. The normalized spacial score (nSPS) is 10.9. The first-order valence-electron chi connectivity index (χ1n) is 9.25. The lowest BCUT2D eigenvalue weighted by Crippen LogP contribution is -2.16. The Hall–Kier alpha value is -3.53. The molecule has 0 bridgehead atoms. The second-order valence-corrected chi connectivity index (χ2v) is 7.71. The maximum atomic E-state index is 5.85. The second kappa shape index (κ2) is 8.46. The number of anilines is 2. The van der Waals surface area contributed by atoms with E-state index in [1.54, 1.807) is 17.3 Å². The van der Waals surface area contributed by atoms with Crippen molar-refractivity contribution < 1.29 is 0 Å². The lowest BCUT2D eigenvalue weighted by molar-refractivity contribution is 0.874. The van der Waals surface area contributed by atoms with Crippen molar-refractivity contribution in [2.24, 2.45) is 0 Å². The average Bonchev–Trinajstić information content (AvgIpc) is 3.16. The molecule has 0 aliphatic heterocycles. The van der Waals surface area contributed by atoms with Gasteiger partial charge >= 0.3 is 0 Å². The number of pyridine rings is 1. The van der Waals surface area contributed by atoms with Crippen LogP contribution in [0.15, 0.2) is 53.9 Å². The summed E-state index contributed by atoms with van der Waals surface area (Å²) >= 11 is 1.49. The number of benzene rings is 1. The molecule has 4 aromatic rings. The Morgan fingerprint density at radius 1 is 1.03 bits per heavy atom. The lowest BCUT2D eigenvalue weighted by Gasteiger charge is -2.13. The Morgan fingerprint density at radius 3 is 2.60 bits per heavy atom. The minimum atomic E-state index is 0.195. The quantitative estimate of drug-likeness (QED) is 0.471. The van der Waals surface area contributed by atoms with Gasteiger partial charge in [0.1, 0.15) is 5.82 Å². The largest absolute Gasteiger partial charge is 0.368 e. The highest BCUT2D eigenvalue weighted by Gasteiger charge is 2.18. The topological polar surface area (TPSA) is 112 Å². The van der Waals surface area contributed by atoms with Crippen molar-refractivity contribution in [3.8, 4) is 17.1 Å². The number of thioether (sulfide) groups is 1. The van der Waals surface area contributed by atoms with Gasteiger partial charge in [0, 0.05) is 32.1 Å². The Bertz CT molecular complexity index is 1160. The molecule has 0 radical (unpaired) electrons. The van der Waals surface area contributed by atoms with Gasteiger partial charge < -0.3 is 10.6 Å². The number of nitrogens with zero attached hydrogens (tertiary/aromatic N) is 8. The Labute approximate surface area is 178 Å². The van der Waals surface area contributed by atoms with E-state index in [1.807, 2.05) is 49.0 Å². The van der Waals surface area contributed by atoms with E-state index < -0.39 is 0 Å². The van der Waals surface area contributed by atoms with Crippen LogP contribution in [0.3, 0.4) is 0 Å². The van der Waals surface area contributed by atoms with Crippen LogP contribution in [-0.4, -0.2) is 48.8 Å². The van der Waals surface area contributed by atoms with Gasteiger partial charge in [-0.15, -0.1) is 10.2 Å². The van der Waals surface area contributed by atoms with E-state index in [-0.39, 0.29) is 5.95 Å². The van der Waals surface area contributed by atoms with Gasteiger partial charge in [0.25, 0.3) is 0 Å². The van der Waals surface area contributed by atoms with E-state index in [4.69, 9.17) is 5.73 Å². The first-order valence-corrected chi connectivity index (χ1v) is 10.2. The van der Waals surface area contributed by atoms with Gasteiger partial charge in [0.15, 0.2) is 11.0 Å². The molecule has 0 amide bonds. The van der Waals surface area contributed by atoms with Gasteiger partial charge in [-0.3, -0.25) is 9.55 Å². The second-order valence-electron chi connectivity index (χ2n) is 6.76. The number of nitrogens with two attached hydrogens (primary N) is 1. The number of hydrogen-bond donors (Lipinski definition) is 1. The average molecular weight is 420 g/mol. The molecule has 0 unspecified atom stereocenters. The number of aryl methyl sites for hydroxylation is 1. The summed E-state index contributed by atoms with van der Waals surface area (Å²) in [6, 6.07) is 12.0. The minimum Gasteiger partial charge on any atom is -0.368 e. The van der Waals surface area contributed by atoms with Crippen LogP contribution in [0.4, 0.5) is 11.9 Å². The smallest absolute Gasteiger partial charge is 0.229 e. The molecule has 9 nitrogen and oxygen atoms in total. The van der Waals surface area contributed by atoms with Crippen molar-refractivity contribution >= 4 is 23.7 Å². The number of aromatic nitrogens is 7. The van der Waals surface area contributed by atoms with Crippen molar-refractivity contribution in [1.82, 2.24) is 34.7 Å². The summed E-state index contributed by atoms with van der Waals surface area (Å²) in [5, 5.41) is 9.62. The van der Waals surface area contributed by atoms with Crippen LogP contribution in [0.5, 0.6) is 0 Å². The molecule has 0 aliphatic rings. The molecule has 0 aliphatic carbocycles. The summed E-state index contributed by atoms with van der Waals surface area (Å²) in [4.78, 5) is 18.9. The molecule has 0 saturated carbocycles. The first-order chi connectivity index (χ1) is 14.5. The number of hydrogen-bond acceptors (Lipinski definition) is 9. The van der Waals surface area contributed by atoms with Gasteiger partial charge in [-0.05, 0) is 30.7 Å².